The number of benzene rings is 2. The Labute approximate surface area is 166 Å². The second-order valence-corrected chi connectivity index (χ2v) is 7.34. The second-order valence-electron chi connectivity index (χ2n) is 7.34. The van der Waals surface area contributed by atoms with Crippen LogP contribution in [0.3, 0.4) is 0 Å². The van der Waals surface area contributed by atoms with Crippen LogP contribution in [0.15, 0.2) is 48.7 Å². The van der Waals surface area contributed by atoms with Gasteiger partial charge in [-0.3, -0.25) is 4.79 Å². The molecule has 0 aliphatic heterocycles. The number of hydrogen-bond donors (Lipinski definition) is 1. The van der Waals surface area contributed by atoms with Gasteiger partial charge in [0.25, 0.3) is 0 Å². The molecule has 3 aromatic rings. The first-order chi connectivity index (χ1) is 13.5. The molecule has 0 unspecified atom stereocenters. The zero-order valence-electron chi connectivity index (χ0n) is 15.9. The molecule has 0 fully saturated rings. The monoisotopic (exact) mass is 400 g/mol. The third-order valence-electron chi connectivity index (χ3n) is 4.86. The first kappa shape index (κ1) is 20.6. The van der Waals surface area contributed by atoms with E-state index in [0.717, 1.165) is 28.6 Å². The number of alkyl halides is 3. The molecule has 1 heterocycles. The molecule has 0 radical (unpaired) electrons. The summed E-state index contributed by atoms with van der Waals surface area (Å²) in [4.78, 5) is 15.5. The summed E-state index contributed by atoms with van der Waals surface area (Å²) in [5.41, 5.74) is -1.33. The number of rotatable bonds is 5. The molecule has 0 amide bonds. The van der Waals surface area contributed by atoms with E-state index in [1.807, 2.05) is 31.2 Å². The van der Waals surface area contributed by atoms with E-state index in [0.29, 0.717) is 0 Å². The highest BCUT2D eigenvalue weighted by atomic mass is 19.4. The molecule has 29 heavy (non-hydrogen) atoms. The Kier molecular flexibility index (Phi) is 5.24. The number of halogens is 3. The Bertz CT molecular complexity index is 1120. The zero-order valence-corrected chi connectivity index (χ0v) is 15.9. The van der Waals surface area contributed by atoms with Gasteiger partial charge in [0.05, 0.1) is 18.7 Å². The van der Waals surface area contributed by atoms with Crippen LogP contribution >= 0.6 is 0 Å². The SMILES string of the molecule is [C-]#[N+]c1ccc(CC(=O)[C@@](C)(O)Cn2ccc3cc(C)ccc32)cc1C(F)(F)F. The highest BCUT2D eigenvalue weighted by Crippen LogP contribution is 2.37. The summed E-state index contributed by atoms with van der Waals surface area (Å²) in [7, 11) is 0. The second kappa shape index (κ2) is 7.37. The van der Waals surface area contributed by atoms with Crippen molar-refractivity contribution in [3.8, 4) is 0 Å². The number of carbonyl (C=O) groups excluding carboxylic acids is 1. The molecule has 7 heteroatoms. The molecule has 1 aromatic heterocycles. The average Bonchev–Trinajstić information content (AvgIpc) is 3.02. The summed E-state index contributed by atoms with van der Waals surface area (Å²) >= 11 is 0. The summed E-state index contributed by atoms with van der Waals surface area (Å²) in [5, 5.41) is 11.7. The van der Waals surface area contributed by atoms with Gasteiger partial charge in [0.1, 0.15) is 5.60 Å². The van der Waals surface area contributed by atoms with Crippen molar-refractivity contribution < 1.29 is 23.1 Å². The fourth-order valence-electron chi connectivity index (χ4n) is 3.27. The topological polar surface area (TPSA) is 46.6 Å². The van der Waals surface area contributed by atoms with E-state index in [4.69, 9.17) is 6.57 Å². The molecule has 1 atom stereocenters. The van der Waals surface area contributed by atoms with Gasteiger partial charge in [-0.1, -0.05) is 29.8 Å². The first-order valence-corrected chi connectivity index (χ1v) is 8.90. The zero-order chi connectivity index (χ0) is 21.4. The lowest BCUT2D eigenvalue weighted by molar-refractivity contribution is -0.138. The van der Waals surface area contributed by atoms with Gasteiger partial charge in [-0.25, -0.2) is 4.85 Å². The van der Waals surface area contributed by atoms with Crippen LogP contribution in [-0.4, -0.2) is 21.1 Å². The molecular formula is C22H19F3N2O2. The van der Waals surface area contributed by atoms with E-state index in [1.165, 1.54) is 13.0 Å². The van der Waals surface area contributed by atoms with Gasteiger partial charge in [-0.2, -0.15) is 13.2 Å². The fourth-order valence-corrected chi connectivity index (χ4v) is 3.27. The van der Waals surface area contributed by atoms with Gasteiger partial charge in [0.2, 0.25) is 0 Å². The van der Waals surface area contributed by atoms with E-state index >= 15 is 0 Å². The molecule has 0 saturated heterocycles. The van der Waals surface area contributed by atoms with Crippen molar-refractivity contribution in [3.63, 3.8) is 0 Å². The number of fused-ring (bicyclic) bond motifs is 1. The molecule has 0 bridgehead atoms. The van der Waals surface area contributed by atoms with Crippen molar-refractivity contribution in [1.29, 1.82) is 0 Å². The Morgan fingerprint density at radius 1 is 1.17 bits per heavy atom. The molecule has 3 rings (SSSR count). The minimum atomic E-state index is -4.69. The summed E-state index contributed by atoms with van der Waals surface area (Å²) in [6, 6.07) is 10.8. The summed E-state index contributed by atoms with van der Waals surface area (Å²) in [6.07, 6.45) is -3.30. The number of Topliss-reactive ketones (excluding diaryl/α,β-unsaturated/α-hetero) is 1. The minimum Gasteiger partial charge on any atom is -0.380 e. The number of aliphatic hydroxyl groups is 1. The van der Waals surface area contributed by atoms with Crippen molar-refractivity contribution in [1.82, 2.24) is 4.57 Å². The lowest BCUT2D eigenvalue weighted by Gasteiger charge is -2.23. The smallest absolute Gasteiger partial charge is 0.380 e. The molecule has 0 spiro atoms. The van der Waals surface area contributed by atoms with Crippen molar-refractivity contribution in [2.75, 3.05) is 0 Å². The van der Waals surface area contributed by atoms with E-state index in [1.54, 1.807) is 10.8 Å². The molecular weight excluding hydrogens is 381 g/mol. The van der Waals surface area contributed by atoms with E-state index in [-0.39, 0.29) is 18.5 Å². The summed E-state index contributed by atoms with van der Waals surface area (Å²) in [6.45, 7) is 10.2. The largest absolute Gasteiger partial charge is 0.407 e. The summed E-state index contributed by atoms with van der Waals surface area (Å²) < 4.78 is 41.1. The lowest BCUT2D eigenvalue weighted by Crippen LogP contribution is -2.40. The number of nitrogens with zero attached hydrogens (tertiary/aromatic N) is 2. The highest BCUT2D eigenvalue weighted by Gasteiger charge is 2.35. The van der Waals surface area contributed by atoms with Crippen LogP contribution in [0.5, 0.6) is 0 Å². The predicted octanol–water partition coefficient (Wildman–Crippen LogP) is 5.08. The van der Waals surface area contributed by atoms with Crippen molar-refractivity contribution >= 4 is 22.4 Å². The van der Waals surface area contributed by atoms with E-state index < -0.39 is 28.8 Å². The number of aromatic nitrogens is 1. The molecule has 0 saturated carbocycles. The maximum Gasteiger partial charge on any atom is 0.407 e. The van der Waals surface area contributed by atoms with Crippen LogP contribution in [0.4, 0.5) is 18.9 Å². The molecule has 150 valence electrons. The minimum absolute atomic E-state index is 0.0232. The van der Waals surface area contributed by atoms with Gasteiger partial charge in [0.15, 0.2) is 11.5 Å². The van der Waals surface area contributed by atoms with Gasteiger partial charge >= 0.3 is 6.18 Å². The quantitative estimate of drug-likeness (QED) is 0.607. The van der Waals surface area contributed by atoms with Crippen molar-refractivity contribution in [2.45, 2.75) is 38.6 Å². The maximum atomic E-state index is 13.1. The predicted molar refractivity (Wildman–Crippen MR) is 104 cm³/mol. The molecule has 4 nitrogen and oxygen atoms in total. The number of aryl methyl sites for hydroxylation is 1. The van der Waals surface area contributed by atoms with Gasteiger partial charge in [0, 0.05) is 18.1 Å². The Morgan fingerprint density at radius 2 is 1.90 bits per heavy atom. The standard InChI is InChI=1S/C22H19F3N2O2/c1-14-4-7-19-16(10-14)8-9-27(19)13-21(2,29)20(28)12-15-5-6-18(26-3)17(11-15)22(23,24)25/h4-11,29H,12-13H2,1-2H3/t21-/m0/s1. The maximum absolute atomic E-state index is 13.1. The van der Waals surface area contributed by atoms with Crippen LogP contribution in [0.1, 0.15) is 23.6 Å². The number of ketones is 1. The van der Waals surface area contributed by atoms with E-state index in [9.17, 15) is 23.1 Å². The molecule has 2 aromatic carbocycles. The lowest BCUT2D eigenvalue weighted by atomic mass is 9.94. The van der Waals surface area contributed by atoms with Crippen molar-refractivity contribution in [3.05, 3.63) is 76.8 Å². The third kappa shape index (κ3) is 4.33. The van der Waals surface area contributed by atoms with Crippen LogP contribution < -0.4 is 0 Å². The highest BCUT2D eigenvalue weighted by molar-refractivity contribution is 5.89. The van der Waals surface area contributed by atoms with Gasteiger partial charge < -0.3 is 9.67 Å². The van der Waals surface area contributed by atoms with Gasteiger partial charge in [-0.05, 0) is 43.0 Å². The fraction of sp³-hybridized carbons (Fsp3) is 0.273. The molecule has 1 N–H and O–H groups in total. The van der Waals surface area contributed by atoms with Gasteiger partial charge in [-0.15, -0.1) is 0 Å². The molecule has 0 aliphatic rings. The Balaban J connectivity index is 1.83. The third-order valence-corrected chi connectivity index (χ3v) is 4.86. The average molecular weight is 400 g/mol. The van der Waals surface area contributed by atoms with Crippen LogP contribution in [0.2, 0.25) is 0 Å². The molecule has 0 aliphatic carbocycles. The Hall–Kier alpha value is -3.11. The van der Waals surface area contributed by atoms with Crippen LogP contribution in [0, 0.1) is 13.5 Å². The first-order valence-electron chi connectivity index (χ1n) is 8.90. The number of carbonyl (C=O) groups is 1. The van der Waals surface area contributed by atoms with E-state index in [2.05, 4.69) is 4.85 Å². The number of hydrogen-bond acceptors (Lipinski definition) is 2. The van der Waals surface area contributed by atoms with Crippen LogP contribution in [-0.2, 0) is 23.9 Å². The van der Waals surface area contributed by atoms with Crippen molar-refractivity contribution in [2.24, 2.45) is 0 Å². The summed E-state index contributed by atoms with van der Waals surface area (Å²) in [5.74, 6) is -0.602. The normalized spacial score (nSPS) is 13.8. The van der Waals surface area contributed by atoms with Crippen LogP contribution in [0.25, 0.3) is 15.7 Å². The Morgan fingerprint density at radius 3 is 2.55 bits per heavy atom.